The molecule has 0 aliphatic carbocycles. The van der Waals surface area contributed by atoms with Crippen molar-refractivity contribution in [3.8, 4) is 5.88 Å². The van der Waals surface area contributed by atoms with Gasteiger partial charge in [-0.1, -0.05) is 17.8 Å². The van der Waals surface area contributed by atoms with Crippen molar-refractivity contribution in [3.63, 3.8) is 0 Å². The number of thioether (sulfide) groups is 1. The molecule has 0 radical (unpaired) electrons. The molecule has 0 bridgehead atoms. The van der Waals surface area contributed by atoms with E-state index in [1.165, 1.54) is 17.3 Å². The first-order valence-corrected chi connectivity index (χ1v) is 6.38. The summed E-state index contributed by atoms with van der Waals surface area (Å²) in [4.78, 5) is 18.6. The number of rotatable bonds is 4. The molecule has 1 N–H and O–H groups in total. The molecule has 6 heteroatoms. The number of ether oxygens (including phenoxy) is 1. The molecule has 1 aliphatic heterocycles. The summed E-state index contributed by atoms with van der Waals surface area (Å²) in [5.74, 6) is 1.45. The molecule has 0 saturated carbocycles. The molecule has 18 heavy (non-hydrogen) atoms. The van der Waals surface area contributed by atoms with Gasteiger partial charge in [0.15, 0.2) is 5.17 Å². The molecule has 5 nitrogen and oxygen atoms in total. The molecule has 0 atom stereocenters. The van der Waals surface area contributed by atoms with Crippen LogP contribution in [0.3, 0.4) is 0 Å². The summed E-state index contributed by atoms with van der Waals surface area (Å²) in [7, 11) is 1.61. The number of hydrogen-bond donors (Lipinski definition) is 1. The van der Waals surface area contributed by atoms with Crippen LogP contribution in [-0.2, 0) is 11.2 Å². The van der Waals surface area contributed by atoms with Crippen LogP contribution in [0.15, 0.2) is 35.1 Å². The Labute approximate surface area is 109 Å². The van der Waals surface area contributed by atoms with Gasteiger partial charge in [0, 0.05) is 30.1 Å². The Balaban J connectivity index is 2.08. The standard InChI is InChI=1S/C12H13N3O2S/c1-17-11-10(3-2-4-13-11)5-9-6-14-12(15-8-16)18-7-9/h2-4,6,8H,5,7H2,1H3,(H,14,15,16). The third-order valence-corrected chi connectivity index (χ3v) is 3.41. The van der Waals surface area contributed by atoms with Gasteiger partial charge in [-0.15, -0.1) is 0 Å². The molecule has 0 aromatic carbocycles. The average molecular weight is 263 g/mol. The van der Waals surface area contributed by atoms with Crippen LogP contribution in [0.25, 0.3) is 0 Å². The Morgan fingerprint density at radius 3 is 3.17 bits per heavy atom. The van der Waals surface area contributed by atoms with Crippen LogP contribution < -0.4 is 10.1 Å². The van der Waals surface area contributed by atoms with E-state index >= 15 is 0 Å². The molecule has 0 fully saturated rings. The van der Waals surface area contributed by atoms with Gasteiger partial charge in [0.25, 0.3) is 0 Å². The zero-order valence-corrected chi connectivity index (χ0v) is 10.7. The second-order valence-electron chi connectivity index (χ2n) is 3.62. The largest absolute Gasteiger partial charge is 0.481 e. The van der Waals surface area contributed by atoms with Crippen molar-refractivity contribution in [1.82, 2.24) is 10.3 Å². The summed E-state index contributed by atoms with van der Waals surface area (Å²) in [6.07, 6.45) is 4.88. The first-order valence-electron chi connectivity index (χ1n) is 5.40. The van der Waals surface area contributed by atoms with Gasteiger partial charge in [-0.2, -0.15) is 0 Å². The maximum Gasteiger partial charge on any atom is 0.216 e. The molecule has 2 heterocycles. The minimum Gasteiger partial charge on any atom is -0.481 e. The summed E-state index contributed by atoms with van der Waals surface area (Å²) in [5, 5.41) is 3.17. The van der Waals surface area contributed by atoms with Gasteiger partial charge < -0.3 is 10.1 Å². The van der Waals surface area contributed by atoms with Gasteiger partial charge in [-0.25, -0.2) is 9.98 Å². The fourth-order valence-electron chi connectivity index (χ4n) is 1.60. The zero-order valence-electron chi connectivity index (χ0n) is 9.92. The number of amidine groups is 1. The molecule has 1 amide bonds. The zero-order chi connectivity index (χ0) is 12.8. The summed E-state index contributed by atoms with van der Waals surface area (Å²) < 4.78 is 5.21. The molecule has 94 valence electrons. The second kappa shape index (κ2) is 6.20. The normalized spacial score (nSPS) is 14.5. The van der Waals surface area contributed by atoms with E-state index in [9.17, 15) is 4.79 Å². The summed E-state index contributed by atoms with van der Waals surface area (Å²) in [5.41, 5.74) is 2.21. The second-order valence-corrected chi connectivity index (χ2v) is 4.59. The minimum atomic E-state index is 0.631. The molecule has 0 saturated heterocycles. The third kappa shape index (κ3) is 3.10. The minimum absolute atomic E-state index is 0.631. The van der Waals surface area contributed by atoms with Crippen LogP contribution >= 0.6 is 11.8 Å². The van der Waals surface area contributed by atoms with Crippen LogP contribution in [0, 0.1) is 0 Å². The highest BCUT2D eigenvalue weighted by atomic mass is 32.2. The fourth-order valence-corrected chi connectivity index (χ4v) is 2.36. The van der Waals surface area contributed by atoms with E-state index in [0.717, 1.165) is 17.7 Å². The Hall–Kier alpha value is -1.82. The van der Waals surface area contributed by atoms with E-state index in [4.69, 9.17) is 4.74 Å². The molecule has 1 aromatic heterocycles. The smallest absolute Gasteiger partial charge is 0.216 e. The molecule has 2 rings (SSSR count). The maximum absolute atomic E-state index is 10.3. The lowest BCUT2D eigenvalue weighted by Gasteiger charge is -2.13. The van der Waals surface area contributed by atoms with Crippen LogP contribution in [0.5, 0.6) is 5.88 Å². The van der Waals surface area contributed by atoms with Crippen LogP contribution in [0.4, 0.5) is 0 Å². The van der Waals surface area contributed by atoms with Crippen LogP contribution in [0.2, 0.25) is 0 Å². The Kier molecular flexibility index (Phi) is 4.35. The third-order valence-electron chi connectivity index (χ3n) is 2.40. The molecule has 1 aromatic rings. The first-order chi connectivity index (χ1) is 8.83. The highest BCUT2D eigenvalue weighted by Crippen LogP contribution is 2.22. The molecule has 1 aliphatic rings. The first kappa shape index (κ1) is 12.6. The molecular formula is C12H13N3O2S. The van der Waals surface area contributed by atoms with Gasteiger partial charge in [-0.05, 0) is 11.6 Å². The number of amides is 1. The Bertz CT molecular complexity index is 500. The number of carbonyl (C=O) groups excluding carboxylic acids is 1. The molecule has 0 unspecified atom stereocenters. The van der Waals surface area contributed by atoms with Crippen molar-refractivity contribution in [2.45, 2.75) is 6.42 Å². The average Bonchev–Trinajstić information content (AvgIpc) is 2.42. The van der Waals surface area contributed by atoms with Gasteiger partial charge in [0.2, 0.25) is 12.3 Å². The Morgan fingerprint density at radius 2 is 2.50 bits per heavy atom. The van der Waals surface area contributed by atoms with E-state index in [1.807, 2.05) is 12.1 Å². The number of methoxy groups -OCH3 is 1. The lowest BCUT2D eigenvalue weighted by Crippen LogP contribution is -2.20. The van der Waals surface area contributed by atoms with E-state index in [2.05, 4.69) is 15.3 Å². The number of hydrogen-bond acceptors (Lipinski definition) is 5. The predicted molar refractivity (Wildman–Crippen MR) is 71.7 cm³/mol. The summed E-state index contributed by atoms with van der Waals surface area (Å²) in [6.45, 7) is 0. The van der Waals surface area contributed by atoms with Gasteiger partial charge in [0.05, 0.1) is 7.11 Å². The van der Waals surface area contributed by atoms with E-state index in [1.54, 1.807) is 19.5 Å². The number of aliphatic imine (C=N–C) groups is 1. The highest BCUT2D eigenvalue weighted by Gasteiger charge is 2.11. The topological polar surface area (TPSA) is 63.6 Å². The quantitative estimate of drug-likeness (QED) is 0.833. The monoisotopic (exact) mass is 263 g/mol. The van der Waals surface area contributed by atoms with Crippen molar-refractivity contribution in [2.24, 2.45) is 4.99 Å². The number of nitrogens with zero attached hydrogens (tertiary/aromatic N) is 2. The number of nitrogens with one attached hydrogen (secondary N) is 1. The molecule has 0 spiro atoms. The van der Waals surface area contributed by atoms with Crippen LogP contribution in [-0.4, -0.2) is 29.4 Å². The number of aromatic nitrogens is 1. The number of pyridine rings is 1. The molecular weight excluding hydrogens is 250 g/mol. The van der Waals surface area contributed by atoms with Crippen molar-refractivity contribution < 1.29 is 9.53 Å². The van der Waals surface area contributed by atoms with Gasteiger partial charge in [-0.3, -0.25) is 4.79 Å². The summed E-state index contributed by atoms with van der Waals surface area (Å²) in [6, 6.07) is 3.87. The number of carbonyl (C=O) groups is 1. The van der Waals surface area contributed by atoms with E-state index in [-0.39, 0.29) is 0 Å². The maximum atomic E-state index is 10.3. The van der Waals surface area contributed by atoms with Gasteiger partial charge in [0.1, 0.15) is 0 Å². The lowest BCUT2D eigenvalue weighted by molar-refractivity contribution is -0.108. The lowest BCUT2D eigenvalue weighted by atomic mass is 10.1. The van der Waals surface area contributed by atoms with Crippen molar-refractivity contribution in [3.05, 3.63) is 35.7 Å². The Morgan fingerprint density at radius 1 is 1.61 bits per heavy atom. The highest BCUT2D eigenvalue weighted by molar-refractivity contribution is 8.14. The predicted octanol–water partition coefficient (Wildman–Crippen LogP) is 1.37. The SMILES string of the molecule is COc1ncccc1CC1=CN=C(NC=O)SC1. The van der Waals surface area contributed by atoms with Crippen LogP contribution in [0.1, 0.15) is 5.56 Å². The van der Waals surface area contributed by atoms with Crippen molar-refractivity contribution in [1.29, 1.82) is 0 Å². The van der Waals surface area contributed by atoms with E-state index in [0.29, 0.717) is 17.5 Å². The van der Waals surface area contributed by atoms with E-state index < -0.39 is 0 Å². The fraction of sp³-hybridized carbons (Fsp3) is 0.250. The van der Waals surface area contributed by atoms with Gasteiger partial charge >= 0.3 is 0 Å². The van der Waals surface area contributed by atoms with Crippen molar-refractivity contribution >= 4 is 23.3 Å². The van der Waals surface area contributed by atoms with Crippen molar-refractivity contribution in [2.75, 3.05) is 12.9 Å². The summed E-state index contributed by atoms with van der Waals surface area (Å²) >= 11 is 1.51.